The van der Waals surface area contributed by atoms with Gasteiger partial charge in [-0.25, -0.2) is 0 Å². The molecule has 0 aromatic heterocycles. The molecule has 1 heterocycles. The molecule has 162 valence electrons. The lowest BCUT2D eigenvalue weighted by Gasteiger charge is -2.63. The molecule has 4 aliphatic carbocycles. The van der Waals surface area contributed by atoms with Crippen LogP contribution in [0, 0.1) is 34.5 Å². The molecule has 9 atom stereocenters. The molecular formula is C25H38O4. The Balaban J connectivity index is 1.53. The molecule has 4 saturated carbocycles. The first kappa shape index (κ1) is 20.1. The van der Waals surface area contributed by atoms with Crippen molar-refractivity contribution in [2.24, 2.45) is 34.5 Å². The van der Waals surface area contributed by atoms with E-state index in [2.05, 4.69) is 34.3 Å². The molecule has 5 rings (SSSR count). The fourth-order valence-electron chi connectivity index (χ4n) is 8.40. The fourth-order valence-corrected chi connectivity index (χ4v) is 8.40. The van der Waals surface area contributed by atoms with Gasteiger partial charge >= 0.3 is 5.97 Å². The highest BCUT2D eigenvalue weighted by molar-refractivity contribution is 5.66. The van der Waals surface area contributed by atoms with Gasteiger partial charge in [0.1, 0.15) is 6.10 Å². The number of carbonyl (C=O) groups excluding carboxylic acids is 1. The summed E-state index contributed by atoms with van der Waals surface area (Å²) in [5.41, 5.74) is 1.96. The SMILES string of the molecule is C=C1CC[C@H]2C3C(CC[C@]12C)[C@@]1(C)CC[C@H](OC(C)=O)CC1[C@H]1OC(C)(C)O[C@H]31. The second-order valence-electron chi connectivity index (χ2n) is 11.6. The number of rotatable bonds is 1. The third kappa shape index (κ3) is 2.81. The number of hydrogen-bond donors (Lipinski definition) is 0. The maximum atomic E-state index is 11.6. The van der Waals surface area contributed by atoms with E-state index in [0.29, 0.717) is 23.7 Å². The van der Waals surface area contributed by atoms with Gasteiger partial charge in [0.05, 0.1) is 12.2 Å². The van der Waals surface area contributed by atoms with Crippen molar-refractivity contribution in [2.75, 3.05) is 0 Å². The molecule has 0 bridgehead atoms. The number of ether oxygens (including phenoxy) is 3. The molecule has 0 N–H and O–H groups in total. The molecule has 5 fully saturated rings. The van der Waals surface area contributed by atoms with Crippen LogP contribution in [0.4, 0.5) is 0 Å². The Hall–Kier alpha value is -0.870. The number of esters is 1. The standard InChI is InChI=1S/C25H38O4/c1-14-7-8-17-20-18(10-12-24(14,17)5)25(6)11-9-16(27-15(2)26)13-19(25)21-22(20)29-23(3,4)28-21/h16-22H,1,7-13H2,2-6H3/t16-,17-,18?,19?,20?,21+,22+,24+,25+/m0/s1. The highest BCUT2D eigenvalue weighted by atomic mass is 16.8. The zero-order valence-corrected chi connectivity index (χ0v) is 18.8. The normalized spacial score (nSPS) is 52.9. The van der Waals surface area contributed by atoms with Gasteiger partial charge in [-0.15, -0.1) is 0 Å². The first-order valence-corrected chi connectivity index (χ1v) is 11.8. The maximum Gasteiger partial charge on any atom is 0.302 e. The highest BCUT2D eigenvalue weighted by Crippen LogP contribution is 2.69. The molecule has 4 heteroatoms. The number of fused-ring (bicyclic) bond motifs is 8. The second kappa shape index (κ2) is 6.32. The van der Waals surface area contributed by atoms with Crippen molar-refractivity contribution in [1.82, 2.24) is 0 Å². The zero-order chi connectivity index (χ0) is 20.8. The molecule has 3 unspecified atom stereocenters. The predicted octanol–water partition coefficient (Wildman–Crippen LogP) is 5.26. The molecule has 5 aliphatic rings. The lowest BCUT2D eigenvalue weighted by Crippen LogP contribution is -2.63. The highest BCUT2D eigenvalue weighted by Gasteiger charge is 2.68. The quantitative estimate of drug-likeness (QED) is 0.443. The zero-order valence-electron chi connectivity index (χ0n) is 18.8. The summed E-state index contributed by atoms with van der Waals surface area (Å²) in [4.78, 5) is 11.6. The van der Waals surface area contributed by atoms with Crippen LogP contribution in [0.3, 0.4) is 0 Å². The number of allylic oxidation sites excluding steroid dienone is 1. The number of carbonyl (C=O) groups is 1. The monoisotopic (exact) mass is 402 g/mol. The molecule has 0 aromatic rings. The third-order valence-corrected chi connectivity index (χ3v) is 9.78. The minimum Gasteiger partial charge on any atom is -0.463 e. The van der Waals surface area contributed by atoms with Crippen molar-refractivity contribution in [2.45, 2.75) is 104 Å². The lowest BCUT2D eigenvalue weighted by atomic mass is 9.43. The van der Waals surface area contributed by atoms with Crippen LogP contribution < -0.4 is 0 Å². The van der Waals surface area contributed by atoms with Crippen molar-refractivity contribution in [3.8, 4) is 0 Å². The predicted molar refractivity (Wildman–Crippen MR) is 111 cm³/mol. The van der Waals surface area contributed by atoms with Gasteiger partial charge in [0.25, 0.3) is 0 Å². The molecule has 29 heavy (non-hydrogen) atoms. The Bertz CT molecular complexity index is 728. The van der Waals surface area contributed by atoms with Crippen molar-refractivity contribution in [1.29, 1.82) is 0 Å². The van der Waals surface area contributed by atoms with Crippen LogP contribution in [0.15, 0.2) is 12.2 Å². The van der Waals surface area contributed by atoms with E-state index in [1.807, 2.05) is 0 Å². The van der Waals surface area contributed by atoms with Crippen molar-refractivity contribution < 1.29 is 19.0 Å². The Morgan fingerprint density at radius 1 is 1.00 bits per heavy atom. The summed E-state index contributed by atoms with van der Waals surface area (Å²) in [5.74, 6) is 1.55. The minimum absolute atomic E-state index is 0.0233. The van der Waals surface area contributed by atoms with Gasteiger partial charge in [0.15, 0.2) is 5.79 Å². The van der Waals surface area contributed by atoms with E-state index in [1.165, 1.54) is 38.2 Å². The van der Waals surface area contributed by atoms with E-state index in [9.17, 15) is 4.79 Å². The molecule has 0 radical (unpaired) electrons. The van der Waals surface area contributed by atoms with E-state index in [-0.39, 0.29) is 35.1 Å². The van der Waals surface area contributed by atoms with Gasteiger partial charge in [-0.3, -0.25) is 4.79 Å². The summed E-state index contributed by atoms with van der Waals surface area (Å²) in [6.45, 7) is 15.1. The van der Waals surface area contributed by atoms with Crippen LogP contribution in [0.5, 0.6) is 0 Å². The Kier molecular flexibility index (Phi) is 4.37. The van der Waals surface area contributed by atoms with Crippen molar-refractivity contribution >= 4 is 5.97 Å². The maximum absolute atomic E-state index is 11.6. The van der Waals surface area contributed by atoms with Gasteiger partial charge in [0, 0.05) is 6.92 Å². The third-order valence-electron chi connectivity index (χ3n) is 9.78. The van der Waals surface area contributed by atoms with Crippen molar-refractivity contribution in [3.63, 3.8) is 0 Å². The smallest absolute Gasteiger partial charge is 0.302 e. The topological polar surface area (TPSA) is 44.8 Å². The molecule has 0 aromatic carbocycles. The van der Waals surface area contributed by atoms with Crippen molar-refractivity contribution in [3.05, 3.63) is 12.2 Å². The largest absolute Gasteiger partial charge is 0.463 e. The summed E-state index contributed by atoms with van der Waals surface area (Å²) in [5, 5.41) is 0. The minimum atomic E-state index is -0.539. The average molecular weight is 403 g/mol. The molecular weight excluding hydrogens is 364 g/mol. The Labute approximate surface area is 175 Å². The van der Waals surface area contributed by atoms with E-state index in [4.69, 9.17) is 14.2 Å². The van der Waals surface area contributed by atoms with Crippen LogP contribution in [0.2, 0.25) is 0 Å². The fraction of sp³-hybridized carbons (Fsp3) is 0.880. The van der Waals surface area contributed by atoms with Crippen LogP contribution in [0.25, 0.3) is 0 Å². The van der Waals surface area contributed by atoms with Gasteiger partial charge in [-0.05, 0) is 93.3 Å². The summed E-state index contributed by atoms with van der Waals surface area (Å²) >= 11 is 0. The summed E-state index contributed by atoms with van der Waals surface area (Å²) in [6.07, 6.45) is 8.22. The molecule has 0 spiro atoms. The van der Waals surface area contributed by atoms with Gasteiger partial charge < -0.3 is 14.2 Å². The van der Waals surface area contributed by atoms with Crippen LogP contribution >= 0.6 is 0 Å². The molecule has 1 saturated heterocycles. The van der Waals surface area contributed by atoms with Gasteiger partial charge in [0.2, 0.25) is 0 Å². The number of hydrogen-bond acceptors (Lipinski definition) is 4. The molecule has 4 nitrogen and oxygen atoms in total. The van der Waals surface area contributed by atoms with E-state index >= 15 is 0 Å². The average Bonchev–Trinajstić information content (AvgIpc) is 3.11. The van der Waals surface area contributed by atoms with E-state index < -0.39 is 5.79 Å². The van der Waals surface area contributed by atoms with E-state index in [0.717, 1.165) is 19.3 Å². The van der Waals surface area contributed by atoms with Crippen LogP contribution in [-0.4, -0.2) is 30.1 Å². The first-order valence-electron chi connectivity index (χ1n) is 11.8. The summed E-state index contributed by atoms with van der Waals surface area (Å²) in [7, 11) is 0. The van der Waals surface area contributed by atoms with Crippen LogP contribution in [0.1, 0.15) is 79.6 Å². The summed E-state index contributed by atoms with van der Waals surface area (Å²) < 4.78 is 18.9. The van der Waals surface area contributed by atoms with Gasteiger partial charge in [-0.2, -0.15) is 0 Å². The Morgan fingerprint density at radius 3 is 2.45 bits per heavy atom. The van der Waals surface area contributed by atoms with Gasteiger partial charge in [-0.1, -0.05) is 26.0 Å². The lowest BCUT2D eigenvalue weighted by molar-refractivity contribution is -0.190. The first-order chi connectivity index (χ1) is 13.6. The summed E-state index contributed by atoms with van der Waals surface area (Å²) in [6, 6.07) is 0. The molecule has 1 aliphatic heterocycles. The second-order valence-corrected chi connectivity index (χ2v) is 11.6. The van der Waals surface area contributed by atoms with E-state index in [1.54, 1.807) is 0 Å². The molecule has 0 amide bonds. The Morgan fingerprint density at radius 2 is 1.72 bits per heavy atom. The van der Waals surface area contributed by atoms with Crippen LogP contribution in [-0.2, 0) is 19.0 Å².